The number of halogens is 2. The van der Waals surface area contributed by atoms with Crippen LogP contribution in [0.2, 0.25) is 10.0 Å². The second kappa shape index (κ2) is 12.2. The minimum Gasteiger partial charge on any atom is -0.490 e. The summed E-state index contributed by atoms with van der Waals surface area (Å²) in [4.78, 5) is 26.9. The number of carbonyl (C=O) groups is 2. The second-order valence-electron chi connectivity index (χ2n) is 8.83. The zero-order chi connectivity index (χ0) is 27.2. The summed E-state index contributed by atoms with van der Waals surface area (Å²) in [5.41, 5.74) is 4.41. The second-order valence-corrected chi connectivity index (χ2v) is 9.67. The van der Waals surface area contributed by atoms with Crippen LogP contribution in [-0.4, -0.2) is 23.4 Å². The molecule has 38 heavy (non-hydrogen) atoms. The van der Waals surface area contributed by atoms with Crippen molar-refractivity contribution >= 4 is 41.2 Å². The topological polar surface area (TPSA) is 67.9 Å². The smallest absolute Gasteiger partial charge is 0.329 e. The Bertz CT molecular complexity index is 1420. The van der Waals surface area contributed by atoms with Crippen LogP contribution in [0.15, 0.2) is 72.9 Å². The third kappa shape index (κ3) is 6.39. The molecule has 0 aromatic heterocycles. The highest BCUT2D eigenvalue weighted by Gasteiger charge is 2.33. The number of hydrogen-bond donors (Lipinski definition) is 1. The van der Waals surface area contributed by atoms with Gasteiger partial charge in [-0.2, -0.15) is 0 Å². The van der Waals surface area contributed by atoms with E-state index in [0.717, 1.165) is 22.3 Å². The molecule has 1 saturated heterocycles. The van der Waals surface area contributed by atoms with Crippen LogP contribution >= 0.6 is 23.2 Å². The van der Waals surface area contributed by atoms with Crippen LogP contribution in [0, 0.1) is 6.92 Å². The summed E-state index contributed by atoms with van der Waals surface area (Å²) in [5, 5.41) is 3.75. The molecule has 4 rings (SSSR count). The van der Waals surface area contributed by atoms with Gasteiger partial charge in [-0.15, -0.1) is 6.58 Å². The van der Waals surface area contributed by atoms with Crippen molar-refractivity contribution in [3.8, 4) is 11.5 Å². The third-order valence-electron chi connectivity index (χ3n) is 5.90. The van der Waals surface area contributed by atoms with Crippen molar-refractivity contribution in [3.05, 3.63) is 111 Å². The number of allylic oxidation sites excluding steroid dienone is 1. The number of amides is 3. The molecule has 1 N–H and O–H groups in total. The van der Waals surface area contributed by atoms with E-state index in [1.807, 2.05) is 50.2 Å². The molecule has 0 aliphatic carbocycles. The Kier molecular flexibility index (Phi) is 8.77. The van der Waals surface area contributed by atoms with Gasteiger partial charge in [0.15, 0.2) is 11.5 Å². The summed E-state index contributed by atoms with van der Waals surface area (Å²) in [6.07, 6.45) is 3.90. The molecule has 6 nitrogen and oxygen atoms in total. The summed E-state index contributed by atoms with van der Waals surface area (Å²) in [5.74, 6) is 0.678. The lowest BCUT2D eigenvalue weighted by molar-refractivity contribution is -0.123. The van der Waals surface area contributed by atoms with E-state index >= 15 is 0 Å². The number of urea groups is 1. The molecule has 0 atom stereocenters. The fourth-order valence-electron chi connectivity index (χ4n) is 4.16. The average Bonchev–Trinajstić information content (AvgIpc) is 3.12. The predicted octanol–water partition coefficient (Wildman–Crippen LogP) is 7.10. The summed E-state index contributed by atoms with van der Waals surface area (Å²) in [7, 11) is 0. The molecule has 3 aromatic rings. The monoisotopic (exact) mass is 550 g/mol. The van der Waals surface area contributed by atoms with Crippen LogP contribution in [-0.2, 0) is 24.4 Å². The molecule has 3 amide bonds. The van der Waals surface area contributed by atoms with Gasteiger partial charge in [-0.1, -0.05) is 65.2 Å². The Morgan fingerprint density at radius 1 is 1.03 bits per heavy atom. The molecular formula is C30H28Cl2N2O4. The van der Waals surface area contributed by atoms with E-state index in [-0.39, 0.29) is 18.8 Å². The van der Waals surface area contributed by atoms with Gasteiger partial charge >= 0.3 is 6.03 Å². The van der Waals surface area contributed by atoms with Crippen molar-refractivity contribution in [1.82, 2.24) is 10.2 Å². The first kappa shape index (κ1) is 27.3. The fraction of sp³-hybridized carbons (Fsp3) is 0.200. The number of rotatable bonds is 10. The maximum Gasteiger partial charge on any atom is 0.329 e. The van der Waals surface area contributed by atoms with Gasteiger partial charge in [0.05, 0.1) is 13.2 Å². The number of nitrogens with one attached hydrogen (secondary N) is 1. The average molecular weight is 551 g/mol. The highest BCUT2D eigenvalue weighted by molar-refractivity contribution is 6.35. The summed E-state index contributed by atoms with van der Waals surface area (Å²) >= 11 is 12.3. The molecule has 8 heteroatoms. The lowest BCUT2D eigenvalue weighted by Gasteiger charge is -2.17. The molecule has 0 bridgehead atoms. The largest absolute Gasteiger partial charge is 0.490 e. The van der Waals surface area contributed by atoms with Crippen LogP contribution < -0.4 is 14.8 Å². The Morgan fingerprint density at radius 3 is 2.55 bits per heavy atom. The van der Waals surface area contributed by atoms with Crippen molar-refractivity contribution < 1.29 is 19.1 Å². The van der Waals surface area contributed by atoms with Crippen LogP contribution in [0.1, 0.15) is 34.7 Å². The summed E-state index contributed by atoms with van der Waals surface area (Å²) in [6, 6.07) is 16.2. The first-order chi connectivity index (χ1) is 18.3. The van der Waals surface area contributed by atoms with Gasteiger partial charge in [0.1, 0.15) is 12.3 Å². The number of aryl methyl sites for hydroxylation is 1. The van der Waals surface area contributed by atoms with Crippen LogP contribution in [0.5, 0.6) is 11.5 Å². The fourth-order valence-corrected chi connectivity index (χ4v) is 4.63. The van der Waals surface area contributed by atoms with Gasteiger partial charge < -0.3 is 14.8 Å². The Hall–Kier alpha value is -3.74. The van der Waals surface area contributed by atoms with E-state index in [2.05, 4.69) is 11.9 Å². The third-order valence-corrected chi connectivity index (χ3v) is 6.49. The molecular weight excluding hydrogens is 523 g/mol. The van der Waals surface area contributed by atoms with Crippen LogP contribution in [0.3, 0.4) is 0 Å². The Labute approximate surface area is 232 Å². The van der Waals surface area contributed by atoms with Crippen molar-refractivity contribution in [3.63, 3.8) is 0 Å². The standard InChI is InChI=1S/C30H28Cl2N2O4/c1-4-7-22-13-21(14-26-29(35)34(30(36)33-26)17-20-9-6-8-19(3)12-20)15-27(37-5-2)28(22)38-18-23-10-11-24(31)16-25(23)32/h4,6,8-16H,1,5,7,17-18H2,2-3H3,(H,33,36)/b26-14+. The molecule has 196 valence electrons. The maximum atomic E-state index is 13.1. The summed E-state index contributed by atoms with van der Waals surface area (Å²) in [6.45, 7) is 8.51. The number of hydrogen-bond acceptors (Lipinski definition) is 4. The van der Waals surface area contributed by atoms with E-state index < -0.39 is 11.9 Å². The van der Waals surface area contributed by atoms with E-state index in [1.54, 1.807) is 30.4 Å². The van der Waals surface area contributed by atoms with Gasteiger partial charge in [-0.05, 0) is 61.7 Å². The Balaban J connectivity index is 1.62. The molecule has 0 saturated carbocycles. The molecule has 1 heterocycles. The van der Waals surface area contributed by atoms with Crippen LogP contribution in [0.4, 0.5) is 4.79 Å². The number of benzene rings is 3. The maximum absolute atomic E-state index is 13.1. The van der Waals surface area contributed by atoms with Gasteiger partial charge in [0, 0.05) is 21.2 Å². The number of imide groups is 1. The van der Waals surface area contributed by atoms with Crippen molar-refractivity contribution in [2.75, 3.05) is 6.61 Å². The van der Waals surface area contributed by atoms with Gasteiger partial charge in [-0.25, -0.2) is 4.79 Å². The SMILES string of the molecule is C=CCc1cc(/C=C2/NC(=O)N(Cc3cccc(C)c3)C2=O)cc(OCC)c1OCc1ccc(Cl)cc1Cl. The van der Waals surface area contributed by atoms with Crippen molar-refractivity contribution in [2.24, 2.45) is 0 Å². The molecule has 3 aromatic carbocycles. The normalized spacial score (nSPS) is 14.1. The van der Waals surface area contributed by atoms with Gasteiger partial charge in [0.25, 0.3) is 5.91 Å². The zero-order valence-corrected chi connectivity index (χ0v) is 22.7. The molecule has 1 aliphatic rings. The highest BCUT2D eigenvalue weighted by atomic mass is 35.5. The lowest BCUT2D eigenvalue weighted by Crippen LogP contribution is -2.30. The van der Waals surface area contributed by atoms with Gasteiger partial charge in [-0.3, -0.25) is 9.69 Å². The molecule has 0 radical (unpaired) electrons. The highest BCUT2D eigenvalue weighted by Crippen LogP contribution is 2.36. The van der Waals surface area contributed by atoms with E-state index in [1.165, 1.54) is 4.90 Å². The summed E-state index contributed by atoms with van der Waals surface area (Å²) < 4.78 is 12.1. The molecule has 1 fully saturated rings. The number of nitrogens with zero attached hydrogens (tertiary/aromatic N) is 1. The first-order valence-corrected chi connectivity index (χ1v) is 12.9. The van der Waals surface area contributed by atoms with Crippen molar-refractivity contribution in [2.45, 2.75) is 33.4 Å². The minimum absolute atomic E-state index is 0.190. The Morgan fingerprint density at radius 2 is 1.84 bits per heavy atom. The van der Waals surface area contributed by atoms with E-state index in [9.17, 15) is 9.59 Å². The van der Waals surface area contributed by atoms with Crippen molar-refractivity contribution in [1.29, 1.82) is 0 Å². The molecule has 0 unspecified atom stereocenters. The van der Waals surface area contributed by atoms with E-state index in [4.69, 9.17) is 32.7 Å². The zero-order valence-electron chi connectivity index (χ0n) is 21.2. The number of ether oxygens (including phenoxy) is 2. The van der Waals surface area contributed by atoms with Crippen LogP contribution in [0.25, 0.3) is 6.08 Å². The lowest BCUT2D eigenvalue weighted by atomic mass is 10.0. The van der Waals surface area contributed by atoms with E-state index in [0.29, 0.717) is 40.1 Å². The molecule has 1 aliphatic heterocycles. The van der Waals surface area contributed by atoms with Gasteiger partial charge in [0.2, 0.25) is 0 Å². The number of carbonyl (C=O) groups excluding carboxylic acids is 2. The minimum atomic E-state index is -0.459. The predicted molar refractivity (Wildman–Crippen MR) is 151 cm³/mol. The molecule has 0 spiro atoms. The quantitative estimate of drug-likeness (QED) is 0.166. The first-order valence-electron chi connectivity index (χ1n) is 12.2.